The fourth-order valence-electron chi connectivity index (χ4n) is 2.60. The Bertz CT molecular complexity index is 1010. The molecule has 4 rings (SSSR count). The van der Waals surface area contributed by atoms with Gasteiger partial charge in [-0.3, -0.25) is 0 Å². The van der Waals surface area contributed by atoms with Gasteiger partial charge in [0.1, 0.15) is 0 Å². The van der Waals surface area contributed by atoms with Gasteiger partial charge in [0.2, 0.25) is 0 Å². The number of aryl methyl sites for hydroxylation is 1. The van der Waals surface area contributed by atoms with E-state index >= 15 is 0 Å². The van der Waals surface area contributed by atoms with Crippen molar-refractivity contribution >= 4 is 58.3 Å². The minimum atomic E-state index is -2.31. The molecule has 1 amide bonds. The van der Waals surface area contributed by atoms with Crippen molar-refractivity contribution in [2.75, 3.05) is 15.0 Å². The van der Waals surface area contributed by atoms with E-state index in [0.29, 0.717) is 16.0 Å². The average molecular weight is 463 g/mol. The summed E-state index contributed by atoms with van der Waals surface area (Å²) >= 11 is 0.393. The quantitative estimate of drug-likeness (QED) is 0.463. The first-order chi connectivity index (χ1) is 13.1. The Hall–Kier alpha value is -2.06. The summed E-state index contributed by atoms with van der Waals surface area (Å²) in [5.74, 6) is 0.157. The Morgan fingerprint density at radius 1 is 1.22 bits per heavy atom. The number of hydrogen-bond donors (Lipinski definition) is 1. The van der Waals surface area contributed by atoms with Crippen LogP contribution in [0.4, 0.5) is 10.8 Å². The van der Waals surface area contributed by atoms with E-state index in [-0.39, 0.29) is 11.7 Å². The van der Waals surface area contributed by atoms with Crippen molar-refractivity contribution in [3.8, 4) is 0 Å². The molecule has 0 radical (unpaired) electrons. The van der Waals surface area contributed by atoms with Gasteiger partial charge < -0.3 is 0 Å². The zero-order valence-corrected chi connectivity index (χ0v) is 17.8. The fraction of sp³-hybridized carbons (Fsp3) is 0.167. The van der Waals surface area contributed by atoms with E-state index in [1.807, 2.05) is 59.4 Å². The number of carbonyl (C=O) groups excluding carboxylic acids is 1. The second-order valence-electron chi connectivity index (χ2n) is 5.95. The summed E-state index contributed by atoms with van der Waals surface area (Å²) in [5.41, 5.74) is 3.01. The number of carbonyl (C=O) groups is 1. The first kappa shape index (κ1) is 18.3. The van der Waals surface area contributed by atoms with Crippen LogP contribution in [0.25, 0.3) is 0 Å². The van der Waals surface area contributed by atoms with Crippen LogP contribution >= 0.6 is 23.1 Å². The number of aromatic nitrogens is 2. The molecule has 1 aliphatic heterocycles. The van der Waals surface area contributed by atoms with Crippen molar-refractivity contribution in [3.05, 3.63) is 59.7 Å². The van der Waals surface area contributed by atoms with Crippen LogP contribution in [0.15, 0.2) is 52.9 Å². The Morgan fingerprint density at radius 2 is 2.00 bits per heavy atom. The molecule has 1 aromatic heterocycles. The minimum absolute atomic E-state index is 0.0932. The monoisotopic (exact) mass is 464 g/mol. The molecule has 6 nitrogen and oxygen atoms in total. The molecule has 1 N–H and O–H groups in total. The third-order valence-corrected chi connectivity index (χ3v) is 9.39. The topological polar surface area (TPSA) is 75.2 Å². The first-order valence-corrected chi connectivity index (χ1v) is 12.3. The molecule has 9 heteroatoms. The zero-order valence-electron chi connectivity index (χ0n) is 14.4. The van der Waals surface area contributed by atoms with E-state index < -0.39 is 14.1 Å². The summed E-state index contributed by atoms with van der Waals surface area (Å²) in [7, 11) is 0. The van der Waals surface area contributed by atoms with Crippen LogP contribution in [0.2, 0.25) is 0 Å². The third kappa shape index (κ3) is 4.11. The Morgan fingerprint density at radius 3 is 2.78 bits per heavy atom. The molecular weight excluding hydrogens is 447 g/mol. The Labute approximate surface area is 169 Å². The molecule has 0 aliphatic carbocycles. The van der Waals surface area contributed by atoms with Gasteiger partial charge in [0.15, 0.2) is 0 Å². The number of thioether (sulfide) groups is 1. The Kier molecular flexibility index (Phi) is 5.36. The first-order valence-electron chi connectivity index (χ1n) is 8.20. The molecular formula is C18H16N4O2S2Se. The summed E-state index contributed by atoms with van der Waals surface area (Å²) in [6, 6.07) is 15.4. The molecule has 0 saturated carbocycles. The van der Waals surface area contributed by atoms with E-state index in [1.165, 1.54) is 23.1 Å². The summed E-state index contributed by atoms with van der Waals surface area (Å²) in [5, 5.41) is 11.8. The molecule has 0 bridgehead atoms. The van der Waals surface area contributed by atoms with Crippen LogP contribution < -0.4 is 13.7 Å². The van der Waals surface area contributed by atoms with Crippen molar-refractivity contribution in [3.63, 3.8) is 0 Å². The van der Waals surface area contributed by atoms with Crippen molar-refractivity contribution < 1.29 is 8.63 Å². The molecule has 27 heavy (non-hydrogen) atoms. The maximum absolute atomic E-state index is 12.7. The Balaban J connectivity index is 1.35. The van der Waals surface area contributed by atoms with Gasteiger partial charge in [0.05, 0.1) is 0 Å². The molecule has 2 heterocycles. The van der Waals surface area contributed by atoms with Gasteiger partial charge in [-0.25, -0.2) is 0 Å². The van der Waals surface area contributed by atoms with Gasteiger partial charge >= 0.3 is 163 Å². The van der Waals surface area contributed by atoms with Crippen molar-refractivity contribution in [2.45, 2.75) is 17.8 Å². The molecule has 3 aromatic rings. The maximum atomic E-state index is 12.7. The number of benzene rings is 2. The number of nitrogens with zero attached hydrogens (tertiary/aromatic N) is 3. The van der Waals surface area contributed by atoms with Gasteiger partial charge in [-0.2, -0.15) is 0 Å². The fourth-order valence-corrected chi connectivity index (χ4v) is 7.30. The van der Waals surface area contributed by atoms with Gasteiger partial charge in [-0.1, -0.05) is 0 Å². The molecule has 138 valence electrons. The van der Waals surface area contributed by atoms with Crippen LogP contribution in [0.3, 0.4) is 0 Å². The zero-order chi connectivity index (χ0) is 18.8. The van der Waals surface area contributed by atoms with Crippen molar-refractivity contribution in [2.24, 2.45) is 0 Å². The summed E-state index contributed by atoms with van der Waals surface area (Å²) < 4.78 is 16.1. The van der Waals surface area contributed by atoms with E-state index in [1.54, 1.807) is 0 Å². The summed E-state index contributed by atoms with van der Waals surface area (Å²) in [4.78, 5) is 12.1. The number of nitrogens with one attached hydrogen (secondary N) is 1. The van der Waals surface area contributed by atoms with Gasteiger partial charge in [-0.05, 0) is 6.92 Å². The molecule has 1 aliphatic rings. The van der Waals surface area contributed by atoms with E-state index in [9.17, 15) is 8.63 Å². The summed E-state index contributed by atoms with van der Waals surface area (Å²) in [6.07, 6.45) is 0. The number of rotatable bonds is 5. The van der Waals surface area contributed by atoms with E-state index in [2.05, 4.69) is 15.5 Å². The number of amides is 1. The number of fused-ring (bicyclic) bond motifs is 1. The van der Waals surface area contributed by atoms with Crippen LogP contribution in [0.1, 0.15) is 11.1 Å². The molecule has 0 saturated heterocycles. The number of hydrogen-bond acceptors (Lipinski definition) is 6. The van der Waals surface area contributed by atoms with Crippen molar-refractivity contribution in [1.29, 1.82) is 0 Å². The van der Waals surface area contributed by atoms with Crippen LogP contribution in [0.5, 0.6) is 0 Å². The third-order valence-electron chi connectivity index (χ3n) is 3.95. The predicted octanol–water partition coefficient (Wildman–Crippen LogP) is 2.72. The average Bonchev–Trinajstić information content (AvgIpc) is 3.27. The van der Waals surface area contributed by atoms with E-state index in [4.69, 9.17) is 0 Å². The standard InChI is InChI=1S/C18H16N4O2S2Se/c1-12-6-8-14(9-7-12)19-16(23)11-25-18-21-20-17(26-18)22-10-13-4-2-3-5-15(13)27(22)24/h2-9H,10-11H2,1H3,(H,19,23). The predicted molar refractivity (Wildman–Crippen MR) is 109 cm³/mol. The molecule has 2 aromatic carbocycles. The van der Waals surface area contributed by atoms with Crippen LogP contribution in [-0.2, 0) is 15.2 Å². The van der Waals surface area contributed by atoms with Crippen LogP contribution in [-0.4, -0.2) is 35.9 Å². The second-order valence-corrected chi connectivity index (χ2v) is 11.0. The second kappa shape index (κ2) is 7.90. The van der Waals surface area contributed by atoms with Crippen molar-refractivity contribution in [1.82, 2.24) is 10.2 Å². The summed E-state index contributed by atoms with van der Waals surface area (Å²) in [6.45, 7) is 2.60. The molecule has 0 spiro atoms. The molecule has 0 fully saturated rings. The van der Waals surface area contributed by atoms with Gasteiger partial charge in [-0.15, -0.1) is 0 Å². The van der Waals surface area contributed by atoms with E-state index in [0.717, 1.165) is 21.3 Å². The molecule has 1 atom stereocenters. The SMILES string of the molecule is Cc1ccc(NC(=O)CSc2nnc(N3Cc4ccccc4[Se]3=O)s2)cc1. The van der Waals surface area contributed by atoms with Gasteiger partial charge in [0.25, 0.3) is 0 Å². The number of anilines is 2. The normalized spacial score (nSPS) is 15.6. The van der Waals surface area contributed by atoms with Crippen LogP contribution in [0, 0.1) is 6.92 Å². The van der Waals surface area contributed by atoms with Gasteiger partial charge in [0, 0.05) is 0 Å². The molecule has 1 unspecified atom stereocenters.